The number of halogens is 2. The predicted molar refractivity (Wildman–Crippen MR) is 85.3 cm³/mol. The van der Waals surface area contributed by atoms with E-state index in [0.29, 0.717) is 22.3 Å². The van der Waals surface area contributed by atoms with Gasteiger partial charge in [-0.05, 0) is 35.9 Å². The Balaban J connectivity index is 1.94. The van der Waals surface area contributed by atoms with E-state index in [-0.39, 0.29) is 6.03 Å². The number of hydrogen-bond acceptors (Lipinski definition) is 2. The summed E-state index contributed by atoms with van der Waals surface area (Å²) in [6, 6.07) is 12.0. The van der Waals surface area contributed by atoms with Gasteiger partial charge in [-0.25, -0.2) is 4.79 Å². The first-order valence-corrected chi connectivity index (χ1v) is 6.97. The van der Waals surface area contributed by atoms with Gasteiger partial charge in [0, 0.05) is 11.6 Å². The standard InChI is InChI=1S/C15H14Cl2N2O2/c1-21-12-4-2-3-10(7-12)9-18-15(20)19-14-8-11(16)5-6-13(14)17/h2-8H,9H2,1H3,(H2,18,19,20). The van der Waals surface area contributed by atoms with Crippen LogP contribution in [0.15, 0.2) is 42.5 Å². The maximum absolute atomic E-state index is 11.8. The van der Waals surface area contributed by atoms with Crippen molar-refractivity contribution < 1.29 is 9.53 Å². The van der Waals surface area contributed by atoms with Gasteiger partial charge in [0.1, 0.15) is 5.75 Å². The van der Waals surface area contributed by atoms with E-state index in [9.17, 15) is 4.79 Å². The second kappa shape index (κ2) is 7.20. The quantitative estimate of drug-likeness (QED) is 0.879. The Morgan fingerprint density at radius 1 is 1.19 bits per heavy atom. The fourth-order valence-electron chi connectivity index (χ4n) is 1.72. The molecule has 0 atom stereocenters. The van der Waals surface area contributed by atoms with Crippen LogP contribution in [0.3, 0.4) is 0 Å². The number of carbonyl (C=O) groups excluding carboxylic acids is 1. The van der Waals surface area contributed by atoms with E-state index in [1.54, 1.807) is 25.3 Å². The predicted octanol–water partition coefficient (Wildman–Crippen LogP) is 4.32. The number of nitrogens with one attached hydrogen (secondary N) is 2. The Morgan fingerprint density at radius 3 is 2.76 bits per heavy atom. The zero-order chi connectivity index (χ0) is 15.2. The Bertz CT molecular complexity index is 647. The summed E-state index contributed by atoms with van der Waals surface area (Å²) in [6.45, 7) is 0.376. The Hall–Kier alpha value is -1.91. The maximum atomic E-state index is 11.8. The van der Waals surface area contributed by atoms with Gasteiger partial charge < -0.3 is 15.4 Å². The third-order valence-corrected chi connectivity index (χ3v) is 3.33. The molecular weight excluding hydrogens is 311 g/mol. The summed E-state index contributed by atoms with van der Waals surface area (Å²) in [4.78, 5) is 11.8. The molecule has 4 nitrogen and oxygen atoms in total. The summed E-state index contributed by atoms with van der Waals surface area (Å²) < 4.78 is 5.13. The third kappa shape index (κ3) is 4.55. The molecule has 6 heteroatoms. The minimum absolute atomic E-state index is 0.359. The van der Waals surface area contributed by atoms with Crippen molar-refractivity contribution in [2.75, 3.05) is 12.4 Å². The molecule has 0 saturated heterocycles. The van der Waals surface area contributed by atoms with Crippen LogP contribution in [-0.2, 0) is 6.54 Å². The molecule has 2 rings (SSSR count). The van der Waals surface area contributed by atoms with Crippen molar-refractivity contribution in [3.05, 3.63) is 58.1 Å². The van der Waals surface area contributed by atoms with Crippen molar-refractivity contribution in [3.63, 3.8) is 0 Å². The highest BCUT2D eigenvalue weighted by Crippen LogP contribution is 2.25. The van der Waals surface area contributed by atoms with Crippen LogP contribution in [-0.4, -0.2) is 13.1 Å². The first-order valence-electron chi connectivity index (χ1n) is 6.21. The summed E-state index contributed by atoms with van der Waals surface area (Å²) >= 11 is 11.8. The van der Waals surface area contributed by atoms with Gasteiger partial charge in [-0.2, -0.15) is 0 Å². The number of methoxy groups -OCH3 is 1. The lowest BCUT2D eigenvalue weighted by atomic mass is 10.2. The van der Waals surface area contributed by atoms with Gasteiger partial charge in [-0.3, -0.25) is 0 Å². The van der Waals surface area contributed by atoms with Gasteiger partial charge in [0.15, 0.2) is 0 Å². The summed E-state index contributed by atoms with van der Waals surface area (Å²) in [6.07, 6.45) is 0. The van der Waals surface area contributed by atoms with E-state index in [0.717, 1.165) is 11.3 Å². The molecule has 0 heterocycles. The molecule has 0 radical (unpaired) electrons. The van der Waals surface area contributed by atoms with Crippen LogP contribution in [0.4, 0.5) is 10.5 Å². The largest absolute Gasteiger partial charge is 0.497 e. The van der Waals surface area contributed by atoms with Crippen LogP contribution < -0.4 is 15.4 Å². The minimum atomic E-state index is -0.359. The van der Waals surface area contributed by atoms with Gasteiger partial charge in [0.05, 0.1) is 17.8 Å². The van der Waals surface area contributed by atoms with Gasteiger partial charge in [0.25, 0.3) is 0 Å². The fraction of sp³-hybridized carbons (Fsp3) is 0.133. The molecule has 0 aliphatic carbocycles. The second-order valence-electron chi connectivity index (χ2n) is 4.28. The number of carbonyl (C=O) groups is 1. The molecule has 0 unspecified atom stereocenters. The maximum Gasteiger partial charge on any atom is 0.319 e. The zero-order valence-corrected chi connectivity index (χ0v) is 12.8. The molecule has 0 bridgehead atoms. The number of benzene rings is 2. The van der Waals surface area contributed by atoms with Gasteiger partial charge in [-0.15, -0.1) is 0 Å². The highest BCUT2D eigenvalue weighted by atomic mass is 35.5. The minimum Gasteiger partial charge on any atom is -0.497 e. The van der Waals surface area contributed by atoms with Crippen molar-refractivity contribution in [3.8, 4) is 5.75 Å². The summed E-state index contributed by atoms with van der Waals surface area (Å²) in [5.41, 5.74) is 1.40. The van der Waals surface area contributed by atoms with Crippen molar-refractivity contribution in [1.82, 2.24) is 5.32 Å². The average molecular weight is 325 g/mol. The van der Waals surface area contributed by atoms with E-state index >= 15 is 0 Å². The first-order chi connectivity index (χ1) is 10.1. The van der Waals surface area contributed by atoms with Crippen LogP contribution in [0.2, 0.25) is 10.0 Å². The highest BCUT2D eigenvalue weighted by Gasteiger charge is 2.06. The van der Waals surface area contributed by atoms with Crippen molar-refractivity contribution >= 4 is 34.9 Å². The molecule has 0 fully saturated rings. The lowest BCUT2D eigenvalue weighted by Crippen LogP contribution is -2.28. The molecular formula is C15H14Cl2N2O2. The number of amides is 2. The molecule has 0 aliphatic heterocycles. The zero-order valence-electron chi connectivity index (χ0n) is 11.3. The SMILES string of the molecule is COc1cccc(CNC(=O)Nc2cc(Cl)ccc2Cl)c1. The summed E-state index contributed by atoms with van der Waals surface area (Å²) in [5, 5.41) is 6.32. The lowest BCUT2D eigenvalue weighted by Gasteiger charge is -2.10. The molecule has 0 saturated carbocycles. The molecule has 21 heavy (non-hydrogen) atoms. The molecule has 110 valence electrons. The smallest absolute Gasteiger partial charge is 0.319 e. The van der Waals surface area contributed by atoms with Crippen LogP contribution >= 0.6 is 23.2 Å². The van der Waals surface area contributed by atoms with E-state index in [1.165, 1.54) is 0 Å². The summed E-state index contributed by atoms with van der Waals surface area (Å²) in [7, 11) is 1.60. The van der Waals surface area contributed by atoms with Gasteiger partial charge in [0.2, 0.25) is 0 Å². The van der Waals surface area contributed by atoms with E-state index < -0.39 is 0 Å². The highest BCUT2D eigenvalue weighted by molar-refractivity contribution is 6.35. The Kier molecular flexibility index (Phi) is 5.31. The van der Waals surface area contributed by atoms with Crippen molar-refractivity contribution in [2.24, 2.45) is 0 Å². The number of ether oxygens (including phenoxy) is 1. The van der Waals surface area contributed by atoms with Crippen molar-refractivity contribution in [1.29, 1.82) is 0 Å². The molecule has 2 aromatic rings. The number of hydrogen-bond donors (Lipinski definition) is 2. The molecule has 2 N–H and O–H groups in total. The Morgan fingerprint density at radius 2 is 2.00 bits per heavy atom. The molecule has 0 spiro atoms. The Labute approximate surface area is 133 Å². The van der Waals surface area contributed by atoms with E-state index in [1.807, 2.05) is 24.3 Å². The lowest BCUT2D eigenvalue weighted by molar-refractivity contribution is 0.251. The molecule has 2 amide bonds. The van der Waals surface area contributed by atoms with Crippen LogP contribution in [0.5, 0.6) is 5.75 Å². The second-order valence-corrected chi connectivity index (χ2v) is 5.13. The molecule has 0 aromatic heterocycles. The number of rotatable bonds is 4. The first kappa shape index (κ1) is 15.5. The summed E-state index contributed by atoms with van der Waals surface area (Å²) in [5.74, 6) is 0.743. The number of anilines is 1. The average Bonchev–Trinajstić information content (AvgIpc) is 2.49. The topological polar surface area (TPSA) is 50.4 Å². The van der Waals surface area contributed by atoms with E-state index in [2.05, 4.69) is 10.6 Å². The molecule has 0 aliphatic rings. The van der Waals surface area contributed by atoms with Gasteiger partial charge >= 0.3 is 6.03 Å². The van der Waals surface area contributed by atoms with Crippen LogP contribution in [0, 0.1) is 0 Å². The molecule has 2 aromatic carbocycles. The van der Waals surface area contributed by atoms with E-state index in [4.69, 9.17) is 27.9 Å². The third-order valence-electron chi connectivity index (χ3n) is 2.76. The normalized spacial score (nSPS) is 10.0. The van der Waals surface area contributed by atoms with Crippen LogP contribution in [0.1, 0.15) is 5.56 Å². The number of urea groups is 1. The van der Waals surface area contributed by atoms with Crippen LogP contribution in [0.25, 0.3) is 0 Å². The van der Waals surface area contributed by atoms with Crippen molar-refractivity contribution in [2.45, 2.75) is 6.54 Å². The van der Waals surface area contributed by atoms with Gasteiger partial charge in [-0.1, -0.05) is 35.3 Å². The monoisotopic (exact) mass is 324 g/mol. The fourth-order valence-corrected chi connectivity index (χ4v) is 2.06.